The van der Waals surface area contributed by atoms with E-state index in [-0.39, 0.29) is 5.84 Å². The molecular weight excluding hydrogens is 252 g/mol. The Balaban J connectivity index is 2.16. The Kier molecular flexibility index (Phi) is 4.55. The molecule has 0 radical (unpaired) electrons. The first-order chi connectivity index (χ1) is 9.74. The number of amidine groups is 1. The molecule has 20 heavy (non-hydrogen) atoms. The summed E-state index contributed by atoms with van der Waals surface area (Å²) >= 11 is 0. The zero-order chi connectivity index (χ0) is 14.4. The van der Waals surface area contributed by atoms with Crippen molar-refractivity contribution in [3.8, 4) is 0 Å². The maximum absolute atomic E-state index is 8.65. The van der Waals surface area contributed by atoms with Crippen LogP contribution in [0.15, 0.2) is 53.9 Å². The van der Waals surface area contributed by atoms with E-state index in [0.29, 0.717) is 5.56 Å². The van der Waals surface area contributed by atoms with Gasteiger partial charge < -0.3 is 15.8 Å². The number of rotatable bonds is 5. The highest BCUT2D eigenvalue weighted by Gasteiger charge is 2.06. The molecule has 0 unspecified atom stereocenters. The van der Waals surface area contributed by atoms with Crippen molar-refractivity contribution in [3.63, 3.8) is 0 Å². The summed E-state index contributed by atoms with van der Waals surface area (Å²) in [6.07, 6.45) is 3.59. The summed E-state index contributed by atoms with van der Waals surface area (Å²) in [4.78, 5) is 6.26. The summed E-state index contributed by atoms with van der Waals surface area (Å²) in [6.45, 7) is 3.83. The van der Waals surface area contributed by atoms with Crippen LogP contribution in [0, 0.1) is 0 Å². The Labute approximate surface area is 118 Å². The van der Waals surface area contributed by atoms with Crippen molar-refractivity contribution in [1.29, 1.82) is 0 Å². The monoisotopic (exact) mass is 270 g/mol. The number of nitrogens with zero attached hydrogens (tertiary/aromatic N) is 3. The Bertz CT molecular complexity index is 566. The van der Waals surface area contributed by atoms with Crippen molar-refractivity contribution >= 4 is 11.5 Å². The molecule has 0 aliphatic carbocycles. The molecule has 5 nitrogen and oxygen atoms in total. The molecule has 2 aromatic rings. The van der Waals surface area contributed by atoms with Crippen LogP contribution in [0.5, 0.6) is 0 Å². The van der Waals surface area contributed by atoms with Gasteiger partial charge in [0.1, 0.15) is 0 Å². The first-order valence-electron chi connectivity index (χ1n) is 6.46. The van der Waals surface area contributed by atoms with E-state index >= 15 is 0 Å². The molecule has 2 rings (SSSR count). The fourth-order valence-corrected chi connectivity index (χ4v) is 1.99. The summed E-state index contributed by atoms with van der Waals surface area (Å²) < 4.78 is 0. The highest BCUT2D eigenvalue weighted by Crippen LogP contribution is 2.17. The number of benzene rings is 1. The molecule has 0 aliphatic heterocycles. The number of pyridine rings is 1. The Morgan fingerprint density at radius 3 is 2.40 bits per heavy atom. The molecule has 0 fully saturated rings. The Morgan fingerprint density at radius 1 is 1.20 bits per heavy atom. The largest absolute Gasteiger partial charge is 0.409 e. The lowest BCUT2D eigenvalue weighted by molar-refractivity contribution is 0.318. The van der Waals surface area contributed by atoms with Gasteiger partial charge in [0.05, 0.1) is 0 Å². The molecule has 0 atom stereocenters. The average Bonchev–Trinajstić information content (AvgIpc) is 2.53. The van der Waals surface area contributed by atoms with Crippen LogP contribution in [0.2, 0.25) is 0 Å². The van der Waals surface area contributed by atoms with Crippen LogP contribution in [-0.4, -0.2) is 22.6 Å². The van der Waals surface area contributed by atoms with Crippen LogP contribution in [-0.2, 0) is 6.54 Å². The maximum Gasteiger partial charge on any atom is 0.170 e. The second kappa shape index (κ2) is 6.56. The summed E-state index contributed by atoms with van der Waals surface area (Å²) in [7, 11) is 0. The van der Waals surface area contributed by atoms with Gasteiger partial charge in [-0.1, -0.05) is 5.16 Å². The molecule has 0 saturated carbocycles. The van der Waals surface area contributed by atoms with E-state index in [1.54, 1.807) is 12.4 Å². The molecule has 1 heterocycles. The lowest BCUT2D eigenvalue weighted by atomic mass is 10.1. The maximum atomic E-state index is 8.65. The fourth-order valence-electron chi connectivity index (χ4n) is 1.99. The molecule has 1 aromatic heterocycles. The van der Waals surface area contributed by atoms with Crippen LogP contribution in [0.25, 0.3) is 0 Å². The van der Waals surface area contributed by atoms with Gasteiger partial charge in [0, 0.05) is 36.7 Å². The van der Waals surface area contributed by atoms with Crippen molar-refractivity contribution in [2.75, 3.05) is 11.4 Å². The van der Waals surface area contributed by atoms with Crippen LogP contribution >= 0.6 is 0 Å². The molecule has 3 N–H and O–H groups in total. The van der Waals surface area contributed by atoms with Gasteiger partial charge in [0.2, 0.25) is 0 Å². The lowest BCUT2D eigenvalue weighted by Gasteiger charge is -2.23. The van der Waals surface area contributed by atoms with Gasteiger partial charge in [-0.05, 0) is 48.9 Å². The number of oxime groups is 1. The predicted molar refractivity (Wildman–Crippen MR) is 79.9 cm³/mol. The minimum Gasteiger partial charge on any atom is -0.409 e. The van der Waals surface area contributed by atoms with Gasteiger partial charge in [-0.25, -0.2) is 0 Å². The number of nitrogens with two attached hydrogens (primary N) is 1. The molecule has 104 valence electrons. The highest BCUT2D eigenvalue weighted by atomic mass is 16.4. The van der Waals surface area contributed by atoms with E-state index < -0.39 is 0 Å². The third-order valence-electron chi connectivity index (χ3n) is 3.14. The molecular formula is C15H18N4O. The number of hydrogen-bond acceptors (Lipinski definition) is 4. The molecule has 1 aromatic carbocycles. The normalized spacial score (nSPS) is 11.3. The van der Waals surface area contributed by atoms with Crippen LogP contribution in [0.3, 0.4) is 0 Å². The van der Waals surface area contributed by atoms with Crippen molar-refractivity contribution in [1.82, 2.24) is 4.98 Å². The van der Waals surface area contributed by atoms with Crippen LogP contribution < -0.4 is 10.6 Å². The van der Waals surface area contributed by atoms with Gasteiger partial charge in [0.15, 0.2) is 5.84 Å². The summed E-state index contributed by atoms with van der Waals surface area (Å²) in [5.74, 6) is 0.119. The van der Waals surface area contributed by atoms with E-state index in [2.05, 4.69) is 22.0 Å². The number of aromatic nitrogens is 1. The van der Waals surface area contributed by atoms with Crippen molar-refractivity contribution in [2.45, 2.75) is 13.5 Å². The molecule has 0 aliphatic rings. The molecule has 0 bridgehead atoms. The summed E-state index contributed by atoms with van der Waals surface area (Å²) in [5, 5.41) is 11.6. The van der Waals surface area contributed by atoms with Crippen LogP contribution in [0.1, 0.15) is 18.1 Å². The standard InChI is InChI=1S/C15H18N4O/c1-2-19(11-12-7-9-17-10-8-12)14-5-3-13(4-6-14)15(16)18-20/h3-10,20H,2,11H2,1H3,(H2,16,18). The second-order valence-electron chi connectivity index (χ2n) is 4.40. The first-order valence-corrected chi connectivity index (χ1v) is 6.46. The van der Waals surface area contributed by atoms with E-state index in [0.717, 1.165) is 18.8 Å². The Hall–Kier alpha value is -2.56. The number of hydrogen-bond donors (Lipinski definition) is 2. The molecule has 5 heteroatoms. The fraction of sp³-hybridized carbons (Fsp3) is 0.200. The highest BCUT2D eigenvalue weighted by molar-refractivity contribution is 5.97. The SMILES string of the molecule is CCN(Cc1ccncc1)c1ccc(C(N)=NO)cc1. The summed E-state index contributed by atoms with van der Waals surface area (Å²) in [6, 6.07) is 11.6. The number of anilines is 1. The van der Waals surface area contributed by atoms with Crippen LogP contribution in [0.4, 0.5) is 5.69 Å². The smallest absolute Gasteiger partial charge is 0.170 e. The first kappa shape index (κ1) is 13.9. The third-order valence-corrected chi connectivity index (χ3v) is 3.14. The molecule has 0 spiro atoms. The van der Waals surface area contributed by atoms with E-state index in [9.17, 15) is 0 Å². The Morgan fingerprint density at radius 2 is 1.85 bits per heavy atom. The van der Waals surface area contributed by atoms with Gasteiger partial charge in [0.25, 0.3) is 0 Å². The predicted octanol–water partition coefficient (Wildman–Crippen LogP) is 2.20. The zero-order valence-electron chi connectivity index (χ0n) is 11.4. The van der Waals surface area contributed by atoms with Crippen molar-refractivity contribution in [2.24, 2.45) is 10.9 Å². The zero-order valence-corrected chi connectivity index (χ0v) is 11.4. The minimum absolute atomic E-state index is 0.119. The van der Waals surface area contributed by atoms with E-state index in [4.69, 9.17) is 10.9 Å². The average molecular weight is 270 g/mol. The quantitative estimate of drug-likeness (QED) is 0.378. The van der Waals surface area contributed by atoms with Gasteiger partial charge in [-0.2, -0.15) is 0 Å². The van der Waals surface area contributed by atoms with E-state index in [1.807, 2.05) is 36.4 Å². The van der Waals surface area contributed by atoms with Gasteiger partial charge in [-0.3, -0.25) is 4.98 Å². The second-order valence-corrected chi connectivity index (χ2v) is 4.40. The topological polar surface area (TPSA) is 74.7 Å². The van der Waals surface area contributed by atoms with E-state index in [1.165, 1.54) is 5.56 Å². The van der Waals surface area contributed by atoms with Gasteiger partial charge in [-0.15, -0.1) is 0 Å². The molecule has 0 amide bonds. The molecule has 0 saturated heterocycles. The third kappa shape index (κ3) is 3.26. The van der Waals surface area contributed by atoms with Crippen molar-refractivity contribution in [3.05, 3.63) is 59.9 Å². The summed E-state index contributed by atoms with van der Waals surface area (Å²) in [5.41, 5.74) is 8.57. The lowest BCUT2D eigenvalue weighted by Crippen LogP contribution is -2.22. The van der Waals surface area contributed by atoms with Crippen molar-refractivity contribution < 1.29 is 5.21 Å². The minimum atomic E-state index is 0.119. The van der Waals surface area contributed by atoms with Gasteiger partial charge >= 0.3 is 0 Å².